The molecule has 2 aromatic rings. The smallest absolute Gasteiger partial charge is 0.180 e. The lowest BCUT2D eigenvalue weighted by molar-refractivity contribution is 0.615. The van der Waals surface area contributed by atoms with Gasteiger partial charge in [0, 0.05) is 19.4 Å². The number of aryl methyl sites for hydroxylation is 1. The number of hydrogen-bond acceptors (Lipinski definition) is 3. The fourth-order valence-electron chi connectivity index (χ4n) is 2.52. The summed E-state index contributed by atoms with van der Waals surface area (Å²) in [6.45, 7) is 0. The normalized spacial score (nSPS) is 18.7. The van der Waals surface area contributed by atoms with E-state index in [2.05, 4.69) is 33.6 Å². The summed E-state index contributed by atoms with van der Waals surface area (Å²) in [7, 11) is 0. The van der Waals surface area contributed by atoms with Crippen LogP contribution >= 0.6 is 45.5 Å². The van der Waals surface area contributed by atoms with Crippen LogP contribution in [0.1, 0.15) is 34.9 Å². The molecular weight excluding hydrogens is 379 g/mol. The molecule has 1 aromatic heterocycles. The van der Waals surface area contributed by atoms with Crippen LogP contribution in [0.3, 0.4) is 0 Å². The fourth-order valence-corrected chi connectivity index (χ4v) is 4.80. The van der Waals surface area contributed by atoms with Gasteiger partial charge in [0.15, 0.2) is 5.13 Å². The van der Waals surface area contributed by atoms with Gasteiger partial charge in [0.1, 0.15) is 0 Å². The third-order valence-electron chi connectivity index (χ3n) is 3.30. The Morgan fingerprint density at radius 2 is 2.28 bits per heavy atom. The second-order valence-electron chi connectivity index (χ2n) is 4.47. The van der Waals surface area contributed by atoms with Crippen LogP contribution in [-0.2, 0) is 6.42 Å². The molecule has 0 radical (unpaired) electrons. The van der Waals surface area contributed by atoms with E-state index >= 15 is 0 Å². The summed E-state index contributed by atoms with van der Waals surface area (Å²) in [5.74, 6) is 0.438. The lowest BCUT2D eigenvalue weighted by atomic mass is 9.86. The fraction of sp³-hybridized carbons (Fsp3) is 0.308. The molecule has 1 aromatic carbocycles. The highest BCUT2D eigenvalue weighted by atomic mass is 127. The van der Waals surface area contributed by atoms with Gasteiger partial charge in [-0.05, 0) is 59.5 Å². The number of nitrogens with zero attached hydrogens (tertiary/aromatic N) is 1. The molecule has 1 aliphatic rings. The van der Waals surface area contributed by atoms with Gasteiger partial charge in [0.05, 0.1) is 5.69 Å². The highest BCUT2D eigenvalue weighted by Gasteiger charge is 2.26. The van der Waals surface area contributed by atoms with Gasteiger partial charge in [-0.15, -0.1) is 11.3 Å². The van der Waals surface area contributed by atoms with Gasteiger partial charge in [-0.2, -0.15) is 0 Å². The maximum Gasteiger partial charge on any atom is 0.180 e. The summed E-state index contributed by atoms with van der Waals surface area (Å²) in [6.07, 6.45) is 3.41. The largest absolute Gasteiger partial charge is 0.375 e. The van der Waals surface area contributed by atoms with E-state index in [1.54, 1.807) is 11.3 Å². The van der Waals surface area contributed by atoms with Gasteiger partial charge in [-0.1, -0.05) is 17.7 Å². The Morgan fingerprint density at radius 1 is 1.44 bits per heavy atom. The van der Waals surface area contributed by atoms with Crippen molar-refractivity contribution in [1.82, 2.24) is 4.98 Å². The lowest BCUT2D eigenvalue weighted by Gasteiger charge is -2.22. The van der Waals surface area contributed by atoms with Gasteiger partial charge in [-0.3, -0.25) is 0 Å². The quantitative estimate of drug-likeness (QED) is 0.731. The molecule has 94 valence electrons. The SMILES string of the molecule is Nc1nc2c(s1)C(c1ccc(Cl)cc1I)CCC2. The zero-order valence-electron chi connectivity index (χ0n) is 9.62. The molecular formula is C13H12ClIN2S. The van der Waals surface area contributed by atoms with Crippen LogP contribution in [0.4, 0.5) is 5.13 Å². The summed E-state index contributed by atoms with van der Waals surface area (Å²) in [6, 6.07) is 6.13. The van der Waals surface area contributed by atoms with Crippen molar-refractivity contribution in [2.45, 2.75) is 25.2 Å². The molecule has 0 fully saturated rings. The van der Waals surface area contributed by atoms with Gasteiger partial charge in [0.2, 0.25) is 0 Å². The third-order valence-corrected chi connectivity index (χ3v) is 5.51. The molecule has 0 spiro atoms. The van der Waals surface area contributed by atoms with Crippen LogP contribution in [0, 0.1) is 3.57 Å². The standard InChI is InChI=1S/C13H12ClIN2S/c14-7-4-5-8(10(15)6-7)9-2-1-3-11-12(9)18-13(16)17-11/h4-6,9H,1-3H2,(H2,16,17). The molecule has 18 heavy (non-hydrogen) atoms. The van der Waals surface area contributed by atoms with Crippen LogP contribution in [0.15, 0.2) is 18.2 Å². The zero-order chi connectivity index (χ0) is 12.7. The van der Waals surface area contributed by atoms with Crippen molar-refractivity contribution in [1.29, 1.82) is 0 Å². The summed E-state index contributed by atoms with van der Waals surface area (Å²) in [5.41, 5.74) is 8.39. The Bertz CT molecular complexity index is 597. The van der Waals surface area contributed by atoms with E-state index in [1.165, 1.54) is 32.5 Å². The summed E-state index contributed by atoms with van der Waals surface area (Å²) < 4.78 is 1.23. The number of benzene rings is 1. The number of anilines is 1. The van der Waals surface area contributed by atoms with Gasteiger partial charge in [0.25, 0.3) is 0 Å². The minimum atomic E-state index is 0.438. The monoisotopic (exact) mass is 390 g/mol. The molecule has 0 amide bonds. The van der Waals surface area contributed by atoms with Crippen LogP contribution in [0.2, 0.25) is 5.02 Å². The van der Waals surface area contributed by atoms with Crippen LogP contribution in [-0.4, -0.2) is 4.98 Å². The third kappa shape index (κ3) is 2.26. The molecule has 1 atom stereocenters. The lowest BCUT2D eigenvalue weighted by Crippen LogP contribution is -2.10. The van der Waals surface area contributed by atoms with Crippen molar-refractivity contribution in [3.8, 4) is 0 Å². The van der Waals surface area contributed by atoms with Crippen LogP contribution in [0.5, 0.6) is 0 Å². The minimum Gasteiger partial charge on any atom is -0.375 e. The zero-order valence-corrected chi connectivity index (χ0v) is 13.3. The van der Waals surface area contributed by atoms with E-state index in [0.29, 0.717) is 11.0 Å². The van der Waals surface area contributed by atoms with Crippen molar-refractivity contribution in [2.75, 3.05) is 5.73 Å². The Hall–Kier alpha value is -0.330. The number of halogens is 2. The molecule has 5 heteroatoms. The van der Waals surface area contributed by atoms with Crippen molar-refractivity contribution in [3.05, 3.63) is 42.9 Å². The molecule has 3 rings (SSSR count). The van der Waals surface area contributed by atoms with Gasteiger partial charge < -0.3 is 5.73 Å². The number of thiazole rings is 1. The number of hydrogen-bond donors (Lipinski definition) is 1. The van der Waals surface area contributed by atoms with E-state index in [-0.39, 0.29) is 0 Å². The van der Waals surface area contributed by atoms with Crippen molar-refractivity contribution < 1.29 is 0 Å². The Balaban J connectivity index is 2.07. The van der Waals surface area contributed by atoms with E-state index in [0.717, 1.165) is 11.4 Å². The first kappa shape index (κ1) is 12.7. The number of fused-ring (bicyclic) bond motifs is 1. The molecule has 1 unspecified atom stereocenters. The van der Waals surface area contributed by atoms with Gasteiger partial charge >= 0.3 is 0 Å². The van der Waals surface area contributed by atoms with Gasteiger partial charge in [-0.25, -0.2) is 4.98 Å². The number of nitrogen functional groups attached to an aromatic ring is 1. The predicted molar refractivity (Wildman–Crippen MR) is 85.5 cm³/mol. The minimum absolute atomic E-state index is 0.438. The average molecular weight is 391 g/mol. The summed E-state index contributed by atoms with van der Waals surface area (Å²) >= 11 is 10.0. The number of aromatic nitrogens is 1. The van der Waals surface area contributed by atoms with E-state index < -0.39 is 0 Å². The maximum absolute atomic E-state index is 6.03. The second-order valence-corrected chi connectivity index (χ2v) is 7.13. The predicted octanol–water partition coefficient (Wildman–Crippen LogP) is 4.45. The van der Waals surface area contributed by atoms with Crippen LogP contribution in [0.25, 0.3) is 0 Å². The Labute approximate surface area is 129 Å². The van der Waals surface area contributed by atoms with Crippen LogP contribution < -0.4 is 5.73 Å². The van der Waals surface area contributed by atoms with Crippen molar-refractivity contribution in [2.24, 2.45) is 0 Å². The van der Waals surface area contributed by atoms with E-state index in [1.807, 2.05) is 12.1 Å². The highest BCUT2D eigenvalue weighted by Crippen LogP contribution is 2.42. The molecule has 1 heterocycles. The maximum atomic E-state index is 6.03. The molecule has 0 saturated carbocycles. The summed E-state index contributed by atoms with van der Waals surface area (Å²) in [5, 5.41) is 1.49. The number of rotatable bonds is 1. The Morgan fingerprint density at radius 3 is 3.06 bits per heavy atom. The Kier molecular flexibility index (Phi) is 3.51. The molecule has 1 aliphatic carbocycles. The molecule has 0 saturated heterocycles. The van der Waals surface area contributed by atoms with E-state index in [4.69, 9.17) is 17.3 Å². The van der Waals surface area contributed by atoms with E-state index in [9.17, 15) is 0 Å². The first-order chi connectivity index (χ1) is 8.65. The average Bonchev–Trinajstić information content (AvgIpc) is 2.69. The topological polar surface area (TPSA) is 38.9 Å². The molecule has 0 aliphatic heterocycles. The second kappa shape index (κ2) is 4.98. The van der Waals surface area contributed by atoms with Crippen molar-refractivity contribution >= 4 is 50.7 Å². The number of nitrogens with two attached hydrogens (primary N) is 1. The van der Waals surface area contributed by atoms with Crippen molar-refractivity contribution in [3.63, 3.8) is 0 Å². The highest BCUT2D eigenvalue weighted by molar-refractivity contribution is 14.1. The molecule has 2 N–H and O–H groups in total. The first-order valence-electron chi connectivity index (χ1n) is 5.85. The molecule has 0 bridgehead atoms. The molecule has 2 nitrogen and oxygen atoms in total. The first-order valence-corrected chi connectivity index (χ1v) is 8.12. The summed E-state index contributed by atoms with van der Waals surface area (Å²) in [4.78, 5) is 5.79.